The van der Waals surface area contributed by atoms with Crippen molar-refractivity contribution in [3.8, 4) is 0 Å². The third-order valence-electron chi connectivity index (χ3n) is 4.22. The summed E-state index contributed by atoms with van der Waals surface area (Å²) in [5.41, 5.74) is 9.26. The van der Waals surface area contributed by atoms with Crippen LogP contribution in [0.15, 0.2) is 0 Å². The van der Waals surface area contributed by atoms with E-state index in [2.05, 4.69) is 18.0 Å². The Bertz CT molecular complexity index is 718. The average Bonchev–Trinajstić information content (AvgIpc) is 2.71. The number of aliphatic carboxylic acids is 2. The molecule has 0 atom stereocenters. The van der Waals surface area contributed by atoms with Crippen molar-refractivity contribution in [3.05, 3.63) is 0 Å². The Balaban J connectivity index is -0.0000000995. The van der Waals surface area contributed by atoms with E-state index < -0.39 is 24.5 Å². The predicted octanol–water partition coefficient (Wildman–Crippen LogP) is -1.65. The molecule has 0 aromatic heterocycles. The summed E-state index contributed by atoms with van der Waals surface area (Å²) in [4.78, 5) is 67.0. The summed E-state index contributed by atoms with van der Waals surface area (Å²) in [6.45, 7) is 6.73. The van der Waals surface area contributed by atoms with Gasteiger partial charge < -0.3 is 32.1 Å². The predicted molar refractivity (Wildman–Crippen MR) is 136 cm³/mol. The Morgan fingerprint density at radius 2 is 1.30 bits per heavy atom. The van der Waals surface area contributed by atoms with E-state index in [9.17, 15) is 24.0 Å². The van der Waals surface area contributed by atoms with Crippen LogP contribution >= 0.6 is 0 Å². The van der Waals surface area contributed by atoms with Crippen LogP contribution in [0.5, 0.6) is 0 Å². The molecule has 1 aliphatic rings. The first-order chi connectivity index (χ1) is 17.1. The Morgan fingerprint density at radius 1 is 0.900 bits per heavy atom. The van der Waals surface area contributed by atoms with Gasteiger partial charge in [-0.15, -0.1) is 0 Å². The van der Waals surface area contributed by atoms with Gasteiger partial charge in [-0.05, 0) is 34.1 Å². The number of nitrogens with one attached hydrogen (secondary N) is 1. The standard InChI is InChI=1S/C9H17NO3.C7H14N2O3.C5H10N2O.CH3NO2.3W/c1-3-4-5-10(2)7-8(11)6-9(12)13;1-9(3-2-8)5-6(10)4-7(11)12;1-7-3-2-6-5(8)4-7;2-1(3)4;;;/h3-7H2,1-2H3,(H,12,13);2-5,8H2,1H3,(H,11,12);2-4H2,1H3,(H,6,8);2H2,(H,3,4);;;. The fraction of sp³-hybridized carbons (Fsp3) is 0.727. The van der Waals surface area contributed by atoms with E-state index in [-0.39, 0.29) is 100 Å². The molecular formula is C22H44N6O9W3. The van der Waals surface area contributed by atoms with Crippen LogP contribution in [0.2, 0.25) is 0 Å². The molecule has 1 aliphatic heterocycles. The average molecular weight is 1090 g/mol. The van der Waals surface area contributed by atoms with Crippen molar-refractivity contribution in [2.24, 2.45) is 11.5 Å². The number of rotatable bonds is 13. The van der Waals surface area contributed by atoms with Crippen molar-refractivity contribution < 1.29 is 107 Å². The molecule has 8 N–H and O–H groups in total. The number of carboxylic acid groups (broad SMARTS) is 3. The molecule has 0 spiro atoms. The largest absolute Gasteiger partial charge is 0.481 e. The van der Waals surface area contributed by atoms with Gasteiger partial charge in [0, 0.05) is 89.4 Å². The molecule has 0 radical (unpaired) electrons. The number of Topliss-reactive ketones (excluding diaryl/α,β-unsaturated/α-hetero) is 2. The molecule has 1 fully saturated rings. The number of hydrogen-bond acceptors (Lipinski definition) is 10. The van der Waals surface area contributed by atoms with E-state index in [4.69, 9.17) is 25.8 Å². The number of piperazine rings is 1. The zero-order chi connectivity index (χ0) is 29.4. The van der Waals surface area contributed by atoms with Gasteiger partial charge in [0.05, 0.1) is 19.6 Å². The summed E-state index contributed by atoms with van der Waals surface area (Å²) in [5.74, 6) is -2.52. The first-order valence-electron chi connectivity index (χ1n) is 11.6. The molecule has 1 rings (SSSR count). The summed E-state index contributed by atoms with van der Waals surface area (Å²) < 4.78 is 0. The molecule has 234 valence electrons. The summed E-state index contributed by atoms with van der Waals surface area (Å²) in [7, 11) is 5.50. The maximum Gasteiger partial charge on any atom is 0.402 e. The summed E-state index contributed by atoms with van der Waals surface area (Å²) in [6, 6.07) is 0. The fourth-order valence-corrected chi connectivity index (χ4v) is 2.62. The second-order valence-corrected chi connectivity index (χ2v) is 8.26. The van der Waals surface area contributed by atoms with Gasteiger partial charge >= 0.3 is 18.0 Å². The SMILES string of the molecule is CCCCN(C)CC(=O)CC(=O)O.CN(CCN)CC(=O)CC(=O)O.CN1CCNC(=O)C1.NC(=O)O.[W].[W].[W]. The number of nitrogens with zero attached hydrogens (tertiary/aromatic N) is 3. The quantitative estimate of drug-likeness (QED) is 0.114. The number of carboxylic acids is 2. The van der Waals surface area contributed by atoms with Gasteiger partial charge in [-0.25, -0.2) is 4.79 Å². The molecule has 40 heavy (non-hydrogen) atoms. The number of unbranched alkanes of at least 4 members (excludes halogenated alkanes) is 1. The smallest absolute Gasteiger partial charge is 0.402 e. The van der Waals surface area contributed by atoms with Crippen LogP contribution in [0.25, 0.3) is 0 Å². The second-order valence-electron chi connectivity index (χ2n) is 8.26. The van der Waals surface area contributed by atoms with Crippen LogP contribution in [0, 0.1) is 0 Å². The molecule has 2 amide bonds. The maximum atomic E-state index is 11.0. The molecule has 0 unspecified atom stereocenters. The number of primary amides is 1. The van der Waals surface area contributed by atoms with Crippen LogP contribution in [-0.2, 0) is 87.2 Å². The van der Waals surface area contributed by atoms with Gasteiger partial charge in [0.2, 0.25) is 5.91 Å². The van der Waals surface area contributed by atoms with Crippen molar-refractivity contribution >= 4 is 35.5 Å². The molecule has 0 aromatic rings. The van der Waals surface area contributed by atoms with E-state index >= 15 is 0 Å². The zero-order valence-electron chi connectivity index (χ0n) is 23.5. The minimum absolute atomic E-state index is 0. The van der Waals surface area contributed by atoms with Crippen LogP contribution in [0.4, 0.5) is 4.79 Å². The number of hydrogen-bond donors (Lipinski definition) is 6. The Morgan fingerprint density at radius 3 is 1.57 bits per heavy atom. The van der Waals surface area contributed by atoms with Crippen molar-refractivity contribution in [2.75, 3.05) is 73.5 Å². The van der Waals surface area contributed by atoms with Crippen LogP contribution in [0.3, 0.4) is 0 Å². The topological polar surface area (TPSA) is 237 Å². The number of nitrogens with two attached hydrogens (primary N) is 2. The molecule has 0 saturated carbocycles. The molecular weight excluding hydrogens is 1040 g/mol. The number of carbonyl (C=O) groups excluding carboxylic acids is 3. The van der Waals surface area contributed by atoms with Crippen molar-refractivity contribution in [3.63, 3.8) is 0 Å². The molecule has 0 aromatic carbocycles. The molecule has 0 aliphatic carbocycles. The van der Waals surface area contributed by atoms with Crippen LogP contribution in [-0.4, -0.2) is 139 Å². The van der Waals surface area contributed by atoms with Crippen molar-refractivity contribution in [1.29, 1.82) is 0 Å². The van der Waals surface area contributed by atoms with Gasteiger partial charge in [-0.3, -0.25) is 38.7 Å². The minimum atomic E-state index is -1.33. The summed E-state index contributed by atoms with van der Waals surface area (Å²) >= 11 is 0. The first-order valence-corrected chi connectivity index (χ1v) is 11.6. The van der Waals surface area contributed by atoms with E-state index in [1.165, 1.54) is 0 Å². The number of likely N-dealkylation sites (N-methyl/N-ethyl adjacent to an activating group) is 3. The monoisotopic (exact) mass is 1090 g/mol. The number of amides is 2. The Kier molecular flexibility index (Phi) is 44.1. The Labute approximate surface area is 278 Å². The van der Waals surface area contributed by atoms with Gasteiger partial charge in [-0.1, -0.05) is 13.3 Å². The first kappa shape index (κ1) is 51.6. The molecule has 0 bridgehead atoms. The Hall–Kier alpha value is -1.08. The van der Waals surface area contributed by atoms with Gasteiger partial charge in [-0.2, -0.15) is 0 Å². The minimum Gasteiger partial charge on any atom is -0.481 e. The van der Waals surface area contributed by atoms with Crippen LogP contribution in [0.1, 0.15) is 32.6 Å². The van der Waals surface area contributed by atoms with Gasteiger partial charge in [0.15, 0.2) is 11.6 Å². The fourth-order valence-electron chi connectivity index (χ4n) is 2.62. The summed E-state index contributed by atoms with van der Waals surface area (Å²) in [6.07, 6.45) is 0.0136. The summed E-state index contributed by atoms with van der Waals surface area (Å²) in [5, 5.41) is 26.5. The molecule has 1 heterocycles. The molecule has 18 heteroatoms. The maximum absolute atomic E-state index is 11.0. The van der Waals surface area contributed by atoms with Crippen molar-refractivity contribution in [2.45, 2.75) is 32.6 Å². The zero-order valence-corrected chi connectivity index (χ0v) is 32.3. The van der Waals surface area contributed by atoms with Gasteiger partial charge in [0.25, 0.3) is 0 Å². The van der Waals surface area contributed by atoms with Crippen LogP contribution < -0.4 is 16.8 Å². The van der Waals surface area contributed by atoms with E-state index in [0.717, 1.165) is 32.5 Å². The molecule has 15 nitrogen and oxygen atoms in total. The van der Waals surface area contributed by atoms with E-state index in [1.54, 1.807) is 11.9 Å². The normalized spacial score (nSPS) is 11.6. The third kappa shape index (κ3) is 46.8. The van der Waals surface area contributed by atoms with E-state index in [0.29, 0.717) is 19.6 Å². The molecule has 1 saturated heterocycles. The number of carbonyl (C=O) groups is 6. The van der Waals surface area contributed by atoms with Crippen molar-refractivity contribution in [1.82, 2.24) is 20.0 Å². The second kappa shape index (κ2) is 34.1. The third-order valence-corrected chi connectivity index (χ3v) is 4.22. The number of ketones is 2. The van der Waals surface area contributed by atoms with Gasteiger partial charge in [0.1, 0.15) is 12.8 Å². The van der Waals surface area contributed by atoms with E-state index in [1.807, 2.05) is 23.9 Å².